The van der Waals surface area contributed by atoms with Crippen LogP contribution in [0.2, 0.25) is 0 Å². The Morgan fingerprint density at radius 1 is 1.59 bits per heavy atom. The van der Waals surface area contributed by atoms with Crippen molar-refractivity contribution in [1.82, 2.24) is 10.3 Å². The molecule has 1 aromatic carbocycles. The predicted molar refractivity (Wildman–Crippen MR) is 66.7 cm³/mol. The van der Waals surface area contributed by atoms with E-state index in [0.717, 1.165) is 10.9 Å². The van der Waals surface area contributed by atoms with Gasteiger partial charge in [0.05, 0.1) is 12.2 Å². The molecule has 0 saturated carbocycles. The minimum atomic E-state index is -0.263. The van der Waals surface area contributed by atoms with E-state index in [1.807, 2.05) is 0 Å². The first kappa shape index (κ1) is 11.5. The average molecular weight is 233 g/mol. The molecule has 1 unspecified atom stereocenters. The van der Waals surface area contributed by atoms with Crippen molar-refractivity contribution in [3.05, 3.63) is 30.0 Å². The molecule has 0 aliphatic carbocycles. The standard InChI is InChI=1S/C12H15N3O2/c1-7(6-16)15-12(17)10-5-14-11-4-8(13)2-3-9(10)11/h2-5,7,14,16H,6,13H2,1H3,(H,15,17). The SMILES string of the molecule is CC(CO)NC(=O)c1c[nH]c2cc(N)ccc12. The maximum atomic E-state index is 11.9. The van der Waals surface area contributed by atoms with Crippen molar-refractivity contribution < 1.29 is 9.90 Å². The summed E-state index contributed by atoms with van der Waals surface area (Å²) in [5, 5.41) is 12.4. The fourth-order valence-electron chi connectivity index (χ4n) is 1.68. The second-order valence-corrected chi connectivity index (χ2v) is 4.06. The Labute approximate surface area is 98.6 Å². The van der Waals surface area contributed by atoms with Crippen LogP contribution in [-0.4, -0.2) is 28.6 Å². The number of aliphatic hydroxyl groups excluding tert-OH is 1. The van der Waals surface area contributed by atoms with Crippen LogP contribution < -0.4 is 11.1 Å². The third-order valence-electron chi connectivity index (χ3n) is 2.60. The van der Waals surface area contributed by atoms with Gasteiger partial charge in [0.15, 0.2) is 0 Å². The summed E-state index contributed by atoms with van der Waals surface area (Å²) in [5.74, 6) is -0.206. The van der Waals surface area contributed by atoms with Gasteiger partial charge in [0.25, 0.3) is 5.91 Å². The molecule has 0 saturated heterocycles. The number of benzene rings is 1. The van der Waals surface area contributed by atoms with Crippen molar-refractivity contribution in [3.8, 4) is 0 Å². The number of rotatable bonds is 3. The molecule has 1 heterocycles. The summed E-state index contributed by atoms with van der Waals surface area (Å²) in [4.78, 5) is 14.9. The van der Waals surface area contributed by atoms with E-state index in [9.17, 15) is 4.79 Å². The number of aromatic nitrogens is 1. The van der Waals surface area contributed by atoms with E-state index in [4.69, 9.17) is 10.8 Å². The fourth-order valence-corrected chi connectivity index (χ4v) is 1.68. The van der Waals surface area contributed by atoms with Crippen molar-refractivity contribution in [1.29, 1.82) is 0 Å². The van der Waals surface area contributed by atoms with Gasteiger partial charge in [-0.2, -0.15) is 0 Å². The number of carbonyl (C=O) groups excluding carboxylic acids is 1. The van der Waals surface area contributed by atoms with Crippen LogP contribution >= 0.6 is 0 Å². The molecule has 17 heavy (non-hydrogen) atoms. The highest BCUT2D eigenvalue weighted by molar-refractivity contribution is 6.07. The second-order valence-electron chi connectivity index (χ2n) is 4.06. The van der Waals surface area contributed by atoms with Gasteiger partial charge < -0.3 is 21.1 Å². The summed E-state index contributed by atoms with van der Waals surface area (Å²) in [6.07, 6.45) is 1.64. The molecular formula is C12H15N3O2. The van der Waals surface area contributed by atoms with Gasteiger partial charge in [0.2, 0.25) is 0 Å². The molecule has 5 nitrogen and oxygen atoms in total. The smallest absolute Gasteiger partial charge is 0.253 e. The monoisotopic (exact) mass is 233 g/mol. The molecule has 0 aliphatic rings. The number of fused-ring (bicyclic) bond motifs is 1. The number of hydrogen-bond acceptors (Lipinski definition) is 3. The lowest BCUT2D eigenvalue weighted by atomic mass is 10.1. The Bertz CT molecular complexity index is 548. The van der Waals surface area contributed by atoms with Crippen molar-refractivity contribution in [3.63, 3.8) is 0 Å². The van der Waals surface area contributed by atoms with Crippen LogP contribution in [0.3, 0.4) is 0 Å². The minimum Gasteiger partial charge on any atom is -0.399 e. The summed E-state index contributed by atoms with van der Waals surface area (Å²) in [7, 11) is 0. The Balaban J connectivity index is 2.33. The molecule has 1 atom stereocenters. The van der Waals surface area contributed by atoms with E-state index in [1.54, 1.807) is 31.3 Å². The van der Waals surface area contributed by atoms with Gasteiger partial charge in [-0.3, -0.25) is 4.79 Å². The average Bonchev–Trinajstić information content (AvgIpc) is 2.71. The minimum absolute atomic E-state index is 0.0823. The van der Waals surface area contributed by atoms with Gasteiger partial charge in [-0.25, -0.2) is 0 Å². The third kappa shape index (κ3) is 2.24. The van der Waals surface area contributed by atoms with Crippen molar-refractivity contribution >= 4 is 22.5 Å². The van der Waals surface area contributed by atoms with Crippen LogP contribution in [0, 0.1) is 0 Å². The highest BCUT2D eigenvalue weighted by Gasteiger charge is 2.13. The van der Waals surface area contributed by atoms with E-state index in [1.165, 1.54) is 0 Å². The lowest BCUT2D eigenvalue weighted by Gasteiger charge is -2.09. The van der Waals surface area contributed by atoms with E-state index in [2.05, 4.69) is 10.3 Å². The molecule has 0 fully saturated rings. The van der Waals surface area contributed by atoms with Gasteiger partial charge in [0.1, 0.15) is 0 Å². The van der Waals surface area contributed by atoms with Crippen molar-refractivity contribution in [2.75, 3.05) is 12.3 Å². The highest BCUT2D eigenvalue weighted by atomic mass is 16.3. The summed E-state index contributed by atoms with van der Waals surface area (Å²) >= 11 is 0. The van der Waals surface area contributed by atoms with Gasteiger partial charge in [0, 0.05) is 28.8 Å². The number of H-pyrrole nitrogens is 1. The van der Waals surface area contributed by atoms with Crippen LogP contribution in [0.5, 0.6) is 0 Å². The van der Waals surface area contributed by atoms with Crippen LogP contribution in [0.25, 0.3) is 10.9 Å². The molecule has 0 radical (unpaired) electrons. The molecule has 2 rings (SSSR count). The number of nitrogen functional groups attached to an aromatic ring is 1. The zero-order valence-electron chi connectivity index (χ0n) is 9.53. The lowest BCUT2D eigenvalue weighted by molar-refractivity contribution is 0.0924. The topological polar surface area (TPSA) is 91.1 Å². The predicted octanol–water partition coefficient (Wildman–Crippen LogP) is 0.861. The molecule has 2 aromatic rings. The van der Waals surface area contributed by atoms with Crippen LogP contribution in [-0.2, 0) is 0 Å². The number of hydrogen-bond donors (Lipinski definition) is 4. The van der Waals surface area contributed by atoms with E-state index in [-0.39, 0.29) is 18.6 Å². The van der Waals surface area contributed by atoms with Crippen molar-refractivity contribution in [2.24, 2.45) is 0 Å². The van der Waals surface area contributed by atoms with E-state index >= 15 is 0 Å². The number of aromatic amines is 1. The summed E-state index contributed by atoms with van der Waals surface area (Å²) in [6.45, 7) is 1.66. The second kappa shape index (κ2) is 4.47. The number of amides is 1. The normalized spacial score (nSPS) is 12.6. The Morgan fingerprint density at radius 3 is 3.06 bits per heavy atom. The Hall–Kier alpha value is -2.01. The molecule has 1 amide bonds. The maximum Gasteiger partial charge on any atom is 0.253 e. The summed E-state index contributed by atoms with van der Waals surface area (Å²) in [5.41, 5.74) is 7.69. The molecule has 5 N–H and O–H groups in total. The van der Waals surface area contributed by atoms with Gasteiger partial charge in [-0.1, -0.05) is 0 Å². The number of nitrogens with two attached hydrogens (primary N) is 1. The van der Waals surface area contributed by atoms with E-state index < -0.39 is 0 Å². The number of anilines is 1. The van der Waals surface area contributed by atoms with Gasteiger partial charge >= 0.3 is 0 Å². The lowest BCUT2D eigenvalue weighted by Crippen LogP contribution is -2.34. The van der Waals surface area contributed by atoms with Crippen molar-refractivity contribution in [2.45, 2.75) is 13.0 Å². The van der Waals surface area contributed by atoms with Crippen LogP contribution in [0.15, 0.2) is 24.4 Å². The van der Waals surface area contributed by atoms with Gasteiger partial charge in [-0.05, 0) is 25.1 Å². The number of nitrogens with one attached hydrogen (secondary N) is 2. The zero-order chi connectivity index (χ0) is 12.4. The molecule has 5 heteroatoms. The molecule has 0 aliphatic heterocycles. The molecular weight excluding hydrogens is 218 g/mol. The molecule has 0 bridgehead atoms. The van der Waals surface area contributed by atoms with Crippen LogP contribution in [0.1, 0.15) is 17.3 Å². The third-order valence-corrected chi connectivity index (χ3v) is 2.60. The van der Waals surface area contributed by atoms with E-state index in [0.29, 0.717) is 11.3 Å². The maximum absolute atomic E-state index is 11.9. The number of carbonyl (C=O) groups is 1. The van der Waals surface area contributed by atoms with Crippen LogP contribution in [0.4, 0.5) is 5.69 Å². The quantitative estimate of drug-likeness (QED) is 0.592. The summed E-state index contributed by atoms with van der Waals surface area (Å²) in [6, 6.07) is 5.07. The fraction of sp³-hybridized carbons (Fsp3) is 0.250. The first-order valence-electron chi connectivity index (χ1n) is 5.40. The first-order valence-corrected chi connectivity index (χ1v) is 5.40. The first-order chi connectivity index (χ1) is 8.11. The molecule has 1 aromatic heterocycles. The van der Waals surface area contributed by atoms with Gasteiger partial charge in [-0.15, -0.1) is 0 Å². The zero-order valence-corrected chi connectivity index (χ0v) is 9.53. The Morgan fingerprint density at radius 2 is 2.35 bits per heavy atom. The molecule has 0 spiro atoms. The highest BCUT2D eigenvalue weighted by Crippen LogP contribution is 2.20. The number of aliphatic hydroxyl groups is 1. The Kier molecular flexibility index (Phi) is 3.01. The molecule has 90 valence electrons. The summed E-state index contributed by atoms with van der Waals surface area (Å²) < 4.78 is 0. The largest absolute Gasteiger partial charge is 0.399 e.